The zero-order valence-electron chi connectivity index (χ0n) is 17.3. The van der Waals surface area contributed by atoms with Crippen LogP contribution in [0, 0.1) is 11.7 Å². The van der Waals surface area contributed by atoms with Crippen LogP contribution in [0.2, 0.25) is 0 Å². The van der Waals surface area contributed by atoms with E-state index in [9.17, 15) is 27.2 Å². The molecule has 2 heterocycles. The van der Waals surface area contributed by atoms with E-state index in [0.717, 1.165) is 23.1 Å². The molecule has 2 fully saturated rings. The molecule has 0 spiro atoms. The maximum absolute atomic E-state index is 14.4. The van der Waals surface area contributed by atoms with Gasteiger partial charge in [0.2, 0.25) is 5.91 Å². The molecule has 3 atom stereocenters. The van der Waals surface area contributed by atoms with Crippen molar-refractivity contribution in [2.45, 2.75) is 18.5 Å². The van der Waals surface area contributed by atoms with Crippen LogP contribution < -0.4 is 14.7 Å². The third-order valence-corrected chi connectivity index (χ3v) is 5.67. The smallest absolute Gasteiger partial charge is 0.406 e. The molecule has 5 rings (SSSR count). The third-order valence-electron chi connectivity index (χ3n) is 5.67. The Bertz CT molecular complexity index is 1230. The highest BCUT2D eigenvalue weighted by molar-refractivity contribution is 6.24. The molecule has 3 aromatic carbocycles. The number of halogens is 4. The van der Waals surface area contributed by atoms with Crippen molar-refractivity contribution in [2.75, 3.05) is 9.96 Å². The standard InChI is InChI=1S/C24H16F4N2O4/c25-17-8-4-5-9-18(17)29-22(31)19-20(14-10-12-16(13-11-14)33-24(26,27)28)30(34-21(19)23(29)32)15-6-2-1-3-7-15/h1-13,19-21H/t19-,20+,21-/m0/s1. The number of para-hydroxylation sites is 2. The van der Waals surface area contributed by atoms with Crippen LogP contribution >= 0.6 is 0 Å². The van der Waals surface area contributed by atoms with Gasteiger partial charge < -0.3 is 4.74 Å². The summed E-state index contributed by atoms with van der Waals surface area (Å²) in [6.45, 7) is 0. The third kappa shape index (κ3) is 3.75. The molecule has 0 N–H and O–H groups in total. The second-order valence-electron chi connectivity index (χ2n) is 7.74. The number of anilines is 2. The van der Waals surface area contributed by atoms with Crippen LogP contribution in [-0.4, -0.2) is 24.3 Å². The first kappa shape index (κ1) is 21.9. The van der Waals surface area contributed by atoms with E-state index in [1.807, 2.05) is 0 Å². The lowest BCUT2D eigenvalue weighted by molar-refractivity contribution is -0.274. The Morgan fingerprint density at radius 2 is 1.47 bits per heavy atom. The van der Waals surface area contributed by atoms with Crippen LogP contribution in [0.1, 0.15) is 11.6 Å². The number of carbonyl (C=O) groups excluding carboxylic acids is 2. The molecule has 2 saturated heterocycles. The molecule has 174 valence electrons. The number of ether oxygens (including phenoxy) is 1. The van der Waals surface area contributed by atoms with Gasteiger partial charge in [-0.2, -0.15) is 0 Å². The van der Waals surface area contributed by atoms with Crippen LogP contribution in [0.4, 0.5) is 28.9 Å². The summed E-state index contributed by atoms with van der Waals surface area (Å²) < 4.78 is 56.0. The Hall–Kier alpha value is -3.92. The summed E-state index contributed by atoms with van der Waals surface area (Å²) in [7, 11) is 0. The van der Waals surface area contributed by atoms with Crippen molar-refractivity contribution in [3.8, 4) is 5.75 Å². The lowest BCUT2D eigenvalue weighted by Gasteiger charge is -2.29. The van der Waals surface area contributed by atoms with Gasteiger partial charge in [-0.05, 0) is 42.0 Å². The van der Waals surface area contributed by atoms with Gasteiger partial charge in [0.05, 0.1) is 17.4 Å². The Balaban J connectivity index is 1.55. The number of imide groups is 1. The van der Waals surface area contributed by atoms with Crippen LogP contribution in [-0.2, 0) is 14.4 Å². The lowest BCUT2D eigenvalue weighted by Crippen LogP contribution is -2.37. The number of nitrogens with zero attached hydrogens (tertiary/aromatic N) is 2. The van der Waals surface area contributed by atoms with Crippen LogP contribution in [0.3, 0.4) is 0 Å². The van der Waals surface area contributed by atoms with Crippen LogP contribution in [0.25, 0.3) is 0 Å². The average molecular weight is 472 g/mol. The zero-order valence-corrected chi connectivity index (χ0v) is 17.3. The van der Waals surface area contributed by atoms with Crippen molar-refractivity contribution in [1.29, 1.82) is 0 Å². The zero-order chi connectivity index (χ0) is 24.0. The quantitative estimate of drug-likeness (QED) is 0.404. The molecular weight excluding hydrogens is 456 g/mol. The average Bonchev–Trinajstić information content (AvgIpc) is 3.31. The second-order valence-corrected chi connectivity index (χ2v) is 7.74. The molecule has 0 aliphatic carbocycles. The lowest BCUT2D eigenvalue weighted by atomic mass is 9.90. The number of amides is 2. The van der Waals surface area contributed by atoms with Gasteiger partial charge >= 0.3 is 6.36 Å². The summed E-state index contributed by atoms with van der Waals surface area (Å²) in [6.07, 6.45) is -6.09. The van der Waals surface area contributed by atoms with Crippen LogP contribution in [0.5, 0.6) is 5.75 Å². The van der Waals surface area contributed by atoms with Crippen molar-refractivity contribution in [2.24, 2.45) is 5.92 Å². The summed E-state index contributed by atoms with van der Waals surface area (Å²) in [5, 5.41) is 1.39. The molecule has 2 aliphatic heterocycles. The summed E-state index contributed by atoms with van der Waals surface area (Å²) in [5.74, 6) is -3.62. The first-order valence-corrected chi connectivity index (χ1v) is 10.2. The molecule has 10 heteroatoms. The number of fused-ring (bicyclic) bond motifs is 1. The first-order valence-electron chi connectivity index (χ1n) is 10.2. The minimum absolute atomic E-state index is 0.186. The fraction of sp³-hybridized carbons (Fsp3) is 0.167. The van der Waals surface area contributed by atoms with E-state index in [1.54, 1.807) is 30.3 Å². The van der Waals surface area contributed by atoms with E-state index in [-0.39, 0.29) is 5.69 Å². The van der Waals surface area contributed by atoms with E-state index in [4.69, 9.17) is 4.84 Å². The minimum atomic E-state index is -4.85. The summed E-state index contributed by atoms with van der Waals surface area (Å²) in [5.41, 5.74) is 0.771. The van der Waals surface area contributed by atoms with Gasteiger partial charge in [-0.3, -0.25) is 14.4 Å². The van der Waals surface area contributed by atoms with Crippen molar-refractivity contribution < 1.29 is 36.7 Å². The molecule has 0 aromatic heterocycles. The number of alkyl halides is 3. The molecule has 3 aromatic rings. The van der Waals surface area contributed by atoms with E-state index in [0.29, 0.717) is 11.3 Å². The van der Waals surface area contributed by atoms with Gasteiger partial charge in [-0.1, -0.05) is 42.5 Å². The molecule has 2 aliphatic rings. The van der Waals surface area contributed by atoms with Gasteiger partial charge in [0.15, 0.2) is 6.10 Å². The van der Waals surface area contributed by atoms with Gasteiger partial charge in [0.25, 0.3) is 5.91 Å². The van der Waals surface area contributed by atoms with E-state index in [1.165, 1.54) is 35.4 Å². The number of carbonyl (C=O) groups is 2. The molecule has 0 unspecified atom stereocenters. The largest absolute Gasteiger partial charge is 0.573 e. The number of hydrogen-bond donors (Lipinski definition) is 0. The number of hydrogen-bond acceptors (Lipinski definition) is 5. The Morgan fingerprint density at radius 1 is 0.824 bits per heavy atom. The van der Waals surface area contributed by atoms with E-state index >= 15 is 0 Å². The molecular formula is C24H16F4N2O4. The monoisotopic (exact) mass is 472 g/mol. The van der Waals surface area contributed by atoms with Gasteiger partial charge in [0.1, 0.15) is 17.5 Å². The SMILES string of the molecule is O=C1[C@@H]2[C@H](ON(c3ccccc3)[C@@H]2c2ccc(OC(F)(F)F)cc2)C(=O)N1c1ccccc1F. The molecule has 6 nitrogen and oxygen atoms in total. The predicted molar refractivity (Wildman–Crippen MR) is 112 cm³/mol. The summed E-state index contributed by atoms with van der Waals surface area (Å²) in [4.78, 5) is 33.3. The number of rotatable bonds is 4. The predicted octanol–water partition coefficient (Wildman–Crippen LogP) is 4.78. The highest BCUT2D eigenvalue weighted by Crippen LogP contribution is 2.48. The molecule has 34 heavy (non-hydrogen) atoms. The molecule has 0 bridgehead atoms. The molecule has 0 radical (unpaired) electrons. The topological polar surface area (TPSA) is 59.1 Å². The van der Waals surface area contributed by atoms with Gasteiger partial charge in [0, 0.05) is 0 Å². The fourth-order valence-electron chi connectivity index (χ4n) is 4.29. The Labute approximate surface area is 190 Å². The van der Waals surface area contributed by atoms with Crippen molar-refractivity contribution >= 4 is 23.2 Å². The Kier molecular flexibility index (Phi) is 5.24. The highest BCUT2D eigenvalue weighted by Gasteiger charge is 2.60. The summed E-state index contributed by atoms with van der Waals surface area (Å²) in [6, 6.07) is 18.2. The highest BCUT2D eigenvalue weighted by atomic mass is 19.4. The van der Waals surface area contributed by atoms with Crippen LogP contribution in [0.15, 0.2) is 78.9 Å². The number of benzene rings is 3. The van der Waals surface area contributed by atoms with E-state index in [2.05, 4.69) is 4.74 Å². The first-order chi connectivity index (χ1) is 16.2. The normalized spacial score (nSPS) is 22.3. The fourth-order valence-corrected chi connectivity index (χ4v) is 4.29. The molecule has 0 saturated carbocycles. The van der Waals surface area contributed by atoms with Gasteiger partial charge in [-0.25, -0.2) is 14.4 Å². The van der Waals surface area contributed by atoms with E-state index < -0.39 is 47.8 Å². The van der Waals surface area contributed by atoms with Crippen molar-refractivity contribution in [3.63, 3.8) is 0 Å². The van der Waals surface area contributed by atoms with Crippen molar-refractivity contribution in [3.05, 3.63) is 90.2 Å². The second kappa shape index (κ2) is 8.14. The maximum Gasteiger partial charge on any atom is 0.573 e. The molecule has 2 amide bonds. The van der Waals surface area contributed by atoms with Gasteiger partial charge in [-0.15, -0.1) is 13.2 Å². The number of hydroxylamine groups is 1. The Morgan fingerprint density at radius 3 is 2.12 bits per heavy atom. The summed E-state index contributed by atoms with van der Waals surface area (Å²) >= 11 is 0. The van der Waals surface area contributed by atoms with Crippen molar-refractivity contribution in [1.82, 2.24) is 0 Å². The minimum Gasteiger partial charge on any atom is -0.406 e. The maximum atomic E-state index is 14.4.